The molecule has 3 aromatic rings. The van der Waals surface area contributed by atoms with Gasteiger partial charge in [-0.2, -0.15) is 0 Å². The predicted molar refractivity (Wildman–Crippen MR) is 115 cm³/mol. The van der Waals surface area contributed by atoms with E-state index in [0.717, 1.165) is 11.4 Å². The van der Waals surface area contributed by atoms with Crippen LogP contribution in [0.4, 0.5) is 11.4 Å². The molecule has 0 saturated heterocycles. The van der Waals surface area contributed by atoms with Crippen LogP contribution < -0.4 is 20.1 Å². The number of benzene rings is 1. The lowest BCUT2D eigenvalue weighted by atomic mass is 10.3. The van der Waals surface area contributed by atoms with Crippen molar-refractivity contribution in [1.29, 1.82) is 0 Å². The van der Waals surface area contributed by atoms with Gasteiger partial charge in [0, 0.05) is 49.3 Å². The number of aliphatic hydroxyl groups is 2. The quantitative estimate of drug-likeness (QED) is 0.360. The maximum absolute atomic E-state index is 10.0. The Kier molecular flexibility index (Phi) is 8.25. The van der Waals surface area contributed by atoms with E-state index < -0.39 is 12.2 Å². The third kappa shape index (κ3) is 7.57. The summed E-state index contributed by atoms with van der Waals surface area (Å²) in [4.78, 5) is 7.89. The normalized spacial score (nSPS) is 12.6. The van der Waals surface area contributed by atoms with E-state index in [1.54, 1.807) is 49.1 Å². The summed E-state index contributed by atoms with van der Waals surface area (Å²) in [5.74, 6) is 1.26. The lowest BCUT2D eigenvalue weighted by molar-refractivity contribution is 0.115. The number of aromatic nitrogens is 2. The summed E-state index contributed by atoms with van der Waals surface area (Å²) in [5, 5.41) is 26.3. The Bertz CT molecular complexity index is 778. The zero-order valence-electron chi connectivity index (χ0n) is 16.5. The van der Waals surface area contributed by atoms with Gasteiger partial charge in [-0.05, 0) is 48.5 Å². The van der Waals surface area contributed by atoms with E-state index in [0.29, 0.717) is 24.6 Å². The topological polar surface area (TPSA) is 109 Å². The summed E-state index contributed by atoms with van der Waals surface area (Å²) < 4.78 is 11.2. The van der Waals surface area contributed by atoms with Gasteiger partial charge in [-0.3, -0.25) is 9.97 Å². The van der Waals surface area contributed by atoms with E-state index in [2.05, 4.69) is 20.6 Å². The molecule has 158 valence electrons. The van der Waals surface area contributed by atoms with Gasteiger partial charge in [-0.1, -0.05) is 0 Å². The van der Waals surface area contributed by atoms with E-state index in [-0.39, 0.29) is 13.2 Å². The molecule has 1 aromatic carbocycles. The highest BCUT2D eigenvalue weighted by Gasteiger charge is 2.07. The average molecular weight is 410 g/mol. The van der Waals surface area contributed by atoms with Gasteiger partial charge < -0.3 is 30.3 Å². The molecule has 3 rings (SSSR count). The molecular weight excluding hydrogens is 384 g/mol. The first-order chi connectivity index (χ1) is 14.7. The van der Waals surface area contributed by atoms with Crippen LogP contribution in [-0.4, -0.2) is 58.7 Å². The van der Waals surface area contributed by atoms with Gasteiger partial charge in [0.25, 0.3) is 0 Å². The highest BCUT2D eigenvalue weighted by atomic mass is 16.5. The Morgan fingerprint density at radius 2 is 1.00 bits per heavy atom. The fourth-order valence-corrected chi connectivity index (χ4v) is 2.55. The zero-order valence-corrected chi connectivity index (χ0v) is 16.5. The van der Waals surface area contributed by atoms with Crippen molar-refractivity contribution in [3.05, 3.63) is 73.3 Å². The van der Waals surface area contributed by atoms with Crippen molar-refractivity contribution in [3.8, 4) is 11.5 Å². The number of pyridine rings is 2. The van der Waals surface area contributed by atoms with Crippen LogP contribution in [-0.2, 0) is 0 Å². The highest BCUT2D eigenvalue weighted by Crippen LogP contribution is 2.18. The molecule has 0 aliphatic carbocycles. The molecule has 0 spiro atoms. The van der Waals surface area contributed by atoms with E-state index in [1.807, 2.05) is 24.3 Å². The molecule has 0 aliphatic heterocycles. The minimum absolute atomic E-state index is 0.164. The molecule has 2 atom stereocenters. The van der Waals surface area contributed by atoms with Gasteiger partial charge in [-0.25, -0.2) is 0 Å². The maximum atomic E-state index is 10.0. The fraction of sp³-hybridized carbons (Fsp3) is 0.273. The van der Waals surface area contributed by atoms with Crippen LogP contribution in [0.25, 0.3) is 0 Å². The Morgan fingerprint density at radius 3 is 1.37 bits per heavy atom. The summed E-state index contributed by atoms with van der Waals surface area (Å²) in [6, 6.07) is 14.4. The number of hydrogen-bond acceptors (Lipinski definition) is 8. The molecule has 8 heteroatoms. The third-order valence-corrected chi connectivity index (χ3v) is 4.15. The molecule has 0 unspecified atom stereocenters. The Labute approximate surface area is 175 Å². The number of nitrogens with one attached hydrogen (secondary N) is 2. The summed E-state index contributed by atoms with van der Waals surface area (Å²) in [6.07, 6.45) is 5.43. The molecule has 8 nitrogen and oxygen atoms in total. The minimum atomic E-state index is -0.655. The zero-order chi connectivity index (χ0) is 21.0. The second-order valence-corrected chi connectivity index (χ2v) is 6.63. The van der Waals surface area contributed by atoms with Gasteiger partial charge in [-0.15, -0.1) is 0 Å². The fourth-order valence-electron chi connectivity index (χ4n) is 2.55. The number of rotatable bonds is 12. The summed E-state index contributed by atoms with van der Waals surface area (Å²) in [5.41, 5.74) is 1.78. The van der Waals surface area contributed by atoms with Gasteiger partial charge in [0.05, 0.1) is 0 Å². The smallest absolute Gasteiger partial charge is 0.119 e. The van der Waals surface area contributed by atoms with E-state index in [1.165, 1.54) is 0 Å². The van der Waals surface area contributed by atoms with Crippen LogP contribution in [0.3, 0.4) is 0 Å². The lowest BCUT2D eigenvalue weighted by Gasteiger charge is -2.15. The molecule has 0 saturated carbocycles. The SMILES string of the molecule is O[C@@H](CNc1ccncc1)COc1ccc(OC[C@@H](O)CNc2ccncc2)cc1. The Hall–Kier alpha value is -3.36. The first kappa shape index (κ1) is 21.4. The van der Waals surface area contributed by atoms with E-state index in [4.69, 9.17) is 9.47 Å². The second-order valence-electron chi connectivity index (χ2n) is 6.63. The summed E-state index contributed by atoms with van der Waals surface area (Å²) in [6.45, 7) is 1.07. The third-order valence-electron chi connectivity index (χ3n) is 4.15. The minimum Gasteiger partial charge on any atom is -0.491 e. The number of aliphatic hydroxyl groups excluding tert-OH is 2. The molecule has 0 amide bonds. The van der Waals surface area contributed by atoms with Gasteiger partial charge in [0.1, 0.15) is 36.9 Å². The molecule has 2 aromatic heterocycles. The number of ether oxygens (including phenoxy) is 2. The molecule has 4 N–H and O–H groups in total. The monoisotopic (exact) mass is 410 g/mol. The molecule has 0 aliphatic rings. The van der Waals surface area contributed by atoms with Crippen molar-refractivity contribution < 1.29 is 19.7 Å². The van der Waals surface area contributed by atoms with Gasteiger partial charge in [0.2, 0.25) is 0 Å². The van der Waals surface area contributed by atoms with Crippen molar-refractivity contribution in [3.63, 3.8) is 0 Å². The van der Waals surface area contributed by atoms with Crippen molar-refractivity contribution in [2.45, 2.75) is 12.2 Å². The first-order valence-electron chi connectivity index (χ1n) is 9.68. The maximum Gasteiger partial charge on any atom is 0.119 e. The first-order valence-corrected chi connectivity index (χ1v) is 9.68. The molecule has 0 bridgehead atoms. The van der Waals surface area contributed by atoms with E-state index in [9.17, 15) is 10.2 Å². The number of hydrogen-bond donors (Lipinski definition) is 4. The molecule has 0 radical (unpaired) electrons. The standard InChI is InChI=1S/C22H26N4O4/c27-19(13-25-17-5-9-23-10-6-17)15-29-21-1-2-22(4-3-21)30-16-20(28)14-26-18-7-11-24-12-8-18/h1-12,19-20,27-28H,13-16H2,(H,23,25)(H,24,26)/t19-,20-/m0/s1. The van der Waals surface area contributed by atoms with Crippen molar-refractivity contribution in [2.24, 2.45) is 0 Å². The number of anilines is 2. The van der Waals surface area contributed by atoms with Gasteiger partial charge in [0.15, 0.2) is 0 Å². The molecular formula is C22H26N4O4. The molecule has 2 heterocycles. The van der Waals surface area contributed by atoms with Crippen LogP contribution in [0.2, 0.25) is 0 Å². The van der Waals surface area contributed by atoms with Crippen LogP contribution in [0.15, 0.2) is 73.3 Å². The Balaban J connectivity index is 1.33. The summed E-state index contributed by atoms with van der Waals surface area (Å²) in [7, 11) is 0. The number of nitrogens with zero attached hydrogens (tertiary/aromatic N) is 2. The average Bonchev–Trinajstić information content (AvgIpc) is 2.80. The predicted octanol–water partition coefficient (Wildman–Crippen LogP) is 2.18. The van der Waals surface area contributed by atoms with Crippen molar-refractivity contribution >= 4 is 11.4 Å². The van der Waals surface area contributed by atoms with Crippen LogP contribution in [0.5, 0.6) is 11.5 Å². The molecule has 30 heavy (non-hydrogen) atoms. The van der Waals surface area contributed by atoms with Crippen LogP contribution in [0, 0.1) is 0 Å². The lowest BCUT2D eigenvalue weighted by Crippen LogP contribution is -2.26. The van der Waals surface area contributed by atoms with E-state index >= 15 is 0 Å². The highest BCUT2D eigenvalue weighted by molar-refractivity contribution is 5.41. The van der Waals surface area contributed by atoms with Crippen molar-refractivity contribution in [1.82, 2.24) is 9.97 Å². The Morgan fingerprint density at radius 1 is 0.633 bits per heavy atom. The van der Waals surface area contributed by atoms with Crippen molar-refractivity contribution in [2.75, 3.05) is 36.9 Å². The van der Waals surface area contributed by atoms with Crippen LogP contribution >= 0.6 is 0 Å². The van der Waals surface area contributed by atoms with Gasteiger partial charge >= 0.3 is 0 Å². The molecule has 0 fully saturated rings. The summed E-state index contributed by atoms with van der Waals surface area (Å²) >= 11 is 0. The largest absolute Gasteiger partial charge is 0.491 e. The van der Waals surface area contributed by atoms with Crippen LogP contribution in [0.1, 0.15) is 0 Å². The second kappa shape index (κ2) is 11.6.